The summed E-state index contributed by atoms with van der Waals surface area (Å²) in [6.45, 7) is 2.76. The summed E-state index contributed by atoms with van der Waals surface area (Å²) in [6, 6.07) is 12.7. The average Bonchev–Trinajstić information content (AvgIpc) is 3.20. The molecule has 1 atom stereocenters. The van der Waals surface area contributed by atoms with Crippen LogP contribution < -0.4 is 4.74 Å². The van der Waals surface area contributed by atoms with Crippen molar-refractivity contribution in [2.45, 2.75) is 13.0 Å². The van der Waals surface area contributed by atoms with E-state index in [-0.39, 0.29) is 30.8 Å². The molecule has 4 rings (SSSR count). The fourth-order valence-electron chi connectivity index (χ4n) is 3.79. The van der Waals surface area contributed by atoms with Gasteiger partial charge in [-0.3, -0.25) is 0 Å². The number of halogens is 4. The summed E-state index contributed by atoms with van der Waals surface area (Å²) >= 11 is 14.4. The molecule has 0 saturated heterocycles. The molecule has 0 fully saturated rings. The molecule has 0 saturated carbocycles. The standard InChI is InChI=1S/C25H25Cl2N3O3S.2ClH/c1-15-21(24(31)33-13-12-29(2)3)23(16-8-10-17(32-4)11-9-16)30-14-20(34-25(30)28-15)22-18(26)6-5-7-19(22)27;;/h5-11,14,23H,12-13H2,1-4H3;2*1H. The van der Waals surface area contributed by atoms with Gasteiger partial charge in [0, 0.05) is 23.2 Å². The van der Waals surface area contributed by atoms with Crippen molar-refractivity contribution in [3.05, 3.63) is 81.1 Å². The van der Waals surface area contributed by atoms with E-state index < -0.39 is 6.04 Å². The highest BCUT2D eigenvalue weighted by Crippen LogP contribution is 2.49. The third-order valence-corrected chi connectivity index (χ3v) is 7.16. The number of esters is 1. The normalized spacial score (nSPS) is 16.5. The Kier molecular flexibility index (Phi) is 11.0. The monoisotopic (exact) mass is 589 g/mol. The minimum absolute atomic E-state index is 0. The van der Waals surface area contributed by atoms with Crippen LogP contribution >= 0.6 is 59.8 Å². The van der Waals surface area contributed by atoms with Crippen molar-refractivity contribution in [1.82, 2.24) is 9.80 Å². The lowest BCUT2D eigenvalue weighted by Gasteiger charge is -2.33. The van der Waals surface area contributed by atoms with Crippen LogP contribution in [0.3, 0.4) is 0 Å². The predicted molar refractivity (Wildman–Crippen MR) is 154 cm³/mol. The van der Waals surface area contributed by atoms with Gasteiger partial charge in [-0.05, 0) is 62.6 Å². The molecule has 11 heteroatoms. The van der Waals surface area contributed by atoms with E-state index in [1.54, 1.807) is 19.2 Å². The van der Waals surface area contributed by atoms with Gasteiger partial charge in [0.2, 0.25) is 0 Å². The zero-order chi connectivity index (χ0) is 24.4. The number of hydrogen-bond donors (Lipinski definition) is 0. The second-order valence-corrected chi connectivity index (χ2v) is 9.93. The largest absolute Gasteiger partial charge is 0.497 e. The molecular weight excluding hydrogens is 564 g/mol. The Hall–Kier alpha value is -1.87. The van der Waals surface area contributed by atoms with Gasteiger partial charge < -0.3 is 19.3 Å². The van der Waals surface area contributed by atoms with Crippen molar-refractivity contribution in [3.63, 3.8) is 0 Å². The summed E-state index contributed by atoms with van der Waals surface area (Å²) in [5.41, 5.74) is 2.77. The smallest absolute Gasteiger partial charge is 0.338 e. The van der Waals surface area contributed by atoms with Crippen LogP contribution in [0.5, 0.6) is 5.75 Å². The number of benzene rings is 2. The van der Waals surface area contributed by atoms with E-state index in [0.29, 0.717) is 34.5 Å². The summed E-state index contributed by atoms with van der Waals surface area (Å²) in [7, 11) is 5.49. The van der Waals surface area contributed by atoms with Crippen LogP contribution in [0, 0.1) is 0 Å². The predicted octanol–water partition coefficient (Wildman–Crippen LogP) is 6.68. The molecule has 2 aromatic rings. The number of methoxy groups -OCH3 is 1. The molecule has 6 nitrogen and oxygen atoms in total. The Morgan fingerprint density at radius 1 is 1.11 bits per heavy atom. The molecule has 2 aliphatic heterocycles. The van der Waals surface area contributed by atoms with Crippen molar-refractivity contribution in [3.8, 4) is 5.75 Å². The number of rotatable bonds is 7. The highest BCUT2D eigenvalue weighted by Gasteiger charge is 2.40. The van der Waals surface area contributed by atoms with E-state index in [1.807, 2.05) is 67.4 Å². The zero-order valence-corrected chi connectivity index (χ0v) is 24.1. The van der Waals surface area contributed by atoms with Crippen molar-refractivity contribution >= 4 is 75.8 Å². The molecule has 194 valence electrons. The summed E-state index contributed by atoms with van der Waals surface area (Å²) < 4.78 is 11.0. The Morgan fingerprint density at radius 2 is 1.75 bits per heavy atom. The van der Waals surface area contributed by atoms with Crippen molar-refractivity contribution in [1.29, 1.82) is 0 Å². The van der Waals surface area contributed by atoms with E-state index in [4.69, 9.17) is 37.7 Å². The fourth-order valence-corrected chi connectivity index (χ4v) is 5.63. The van der Waals surface area contributed by atoms with Crippen molar-refractivity contribution in [2.24, 2.45) is 4.99 Å². The van der Waals surface area contributed by atoms with Crippen molar-refractivity contribution in [2.75, 3.05) is 34.4 Å². The molecular formula is C25H27Cl4N3O3S. The lowest BCUT2D eigenvalue weighted by atomic mass is 9.94. The van der Waals surface area contributed by atoms with Crippen LogP contribution in [0.4, 0.5) is 0 Å². The van der Waals surface area contributed by atoms with E-state index >= 15 is 0 Å². The Morgan fingerprint density at radius 3 is 2.33 bits per heavy atom. The van der Waals surface area contributed by atoms with Gasteiger partial charge in [0.15, 0.2) is 5.17 Å². The van der Waals surface area contributed by atoms with Gasteiger partial charge in [-0.25, -0.2) is 9.79 Å². The number of aliphatic imine (C=N–C) groups is 1. The van der Waals surface area contributed by atoms with Crippen LogP contribution in [-0.2, 0) is 9.53 Å². The highest BCUT2D eigenvalue weighted by molar-refractivity contribution is 8.22. The first-order valence-electron chi connectivity index (χ1n) is 10.7. The van der Waals surface area contributed by atoms with E-state index in [9.17, 15) is 4.79 Å². The van der Waals surface area contributed by atoms with Crippen LogP contribution in [0.1, 0.15) is 24.1 Å². The molecule has 0 N–H and O–H groups in total. The van der Waals surface area contributed by atoms with Crippen LogP contribution in [0.15, 0.2) is 64.9 Å². The van der Waals surface area contributed by atoms with Gasteiger partial charge in [-0.15, -0.1) is 24.8 Å². The van der Waals surface area contributed by atoms with Crippen LogP contribution in [0.25, 0.3) is 4.91 Å². The number of allylic oxidation sites excluding steroid dienone is 1. The highest BCUT2D eigenvalue weighted by atomic mass is 35.5. The molecule has 0 spiro atoms. The van der Waals surface area contributed by atoms with Crippen LogP contribution in [0.2, 0.25) is 10.0 Å². The van der Waals surface area contributed by atoms with Gasteiger partial charge in [0.25, 0.3) is 0 Å². The first-order valence-corrected chi connectivity index (χ1v) is 12.2. The summed E-state index contributed by atoms with van der Waals surface area (Å²) in [5, 5.41) is 1.86. The lowest BCUT2D eigenvalue weighted by Crippen LogP contribution is -2.34. The number of fused-ring (bicyclic) bond motifs is 1. The first-order chi connectivity index (χ1) is 16.3. The van der Waals surface area contributed by atoms with E-state index in [1.165, 1.54) is 11.8 Å². The quantitative estimate of drug-likeness (QED) is 0.335. The third kappa shape index (κ3) is 6.33. The summed E-state index contributed by atoms with van der Waals surface area (Å²) in [4.78, 5) is 22.8. The molecule has 0 aromatic heterocycles. The average molecular weight is 591 g/mol. The number of nitrogens with zero attached hydrogens (tertiary/aromatic N) is 3. The van der Waals surface area contributed by atoms with Crippen LogP contribution in [-0.4, -0.2) is 55.3 Å². The maximum atomic E-state index is 13.3. The van der Waals surface area contributed by atoms with E-state index in [0.717, 1.165) is 26.9 Å². The minimum Gasteiger partial charge on any atom is -0.497 e. The minimum atomic E-state index is -0.420. The number of carbonyl (C=O) groups is 1. The number of likely N-dealkylation sites (N-methyl/N-ethyl adjacent to an activating group) is 1. The van der Waals surface area contributed by atoms with E-state index in [2.05, 4.69) is 0 Å². The lowest BCUT2D eigenvalue weighted by molar-refractivity contribution is -0.140. The number of carbonyl (C=O) groups excluding carboxylic acids is 1. The topological polar surface area (TPSA) is 54.4 Å². The number of amidine groups is 1. The maximum absolute atomic E-state index is 13.3. The number of hydrogen-bond acceptors (Lipinski definition) is 7. The number of thioether (sulfide) groups is 1. The second-order valence-electron chi connectivity index (χ2n) is 8.11. The molecule has 2 heterocycles. The fraction of sp³-hybridized carbons (Fsp3) is 0.280. The SMILES string of the molecule is COc1ccc(C2C(C(=O)OCCN(C)C)=C(C)N=C3SC(c4c(Cl)cccc4Cl)=CN32)cc1.Cl.Cl. The first kappa shape index (κ1) is 30.4. The number of ether oxygens (including phenoxy) is 2. The summed E-state index contributed by atoms with van der Waals surface area (Å²) in [5.74, 6) is 0.352. The molecule has 2 aromatic carbocycles. The molecule has 36 heavy (non-hydrogen) atoms. The maximum Gasteiger partial charge on any atom is 0.338 e. The molecule has 0 aliphatic carbocycles. The Bertz CT molecular complexity index is 1180. The molecule has 0 radical (unpaired) electrons. The third-order valence-electron chi connectivity index (χ3n) is 5.52. The summed E-state index contributed by atoms with van der Waals surface area (Å²) in [6.07, 6.45) is 1.95. The van der Waals surface area contributed by atoms with Gasteiger partial charge in [0.1, 0.15) is 12.4 Å². The Labute approximate surface area is 238 Å². The second kappa shape index (κ2) is 13.1. The van der Waals surface area contributed by atoms with Crippen molar-refractivity contribution < 1.29 is 14.3 Å². The van der Waals surface area contributed by atoms with Gasteiger partial charge >= 0.3 is 5.97 Å². The molecule has 0 amide bonds. The van der Waals surface area contributed by atoms with Gasteiger partial charge in [-0.2, -0.15) is 0 Å². The molecule has 0 bridgehead atoms. The van der Waals surface area contributed by atoms with Gasteiger partial charge in [0.05, 0.1) is 34.5 Å². The zero-order valence-electron chi connectivity index (χ0n) is 20.2. The molecule has 1 unspecified atom stereocenters. The van der Waals surface area contributed by atoms with Gasteiger partial charge in [-0.1, -0.05) is 41.4 Å². The Balaban J connectivity index is 0.00000228. The molecule has 2 aliphatic rings.